The number of aromatic nitrogens is 2. The van der Waals surface area contributed by atoms with E-state index in [-0.39, 0.29) is 0 Å². The van der Waals surface area contributed by atoms with Gasteiger partial charge in [0.1, 0.15) is 30.5 Å². The molecule has 0 spiro atoms. The Hall–Kier alpha value is -3.52. The van der Waals surface area contributed by atoms with Gasteiger partial charge in [0.15, 0.2) is 5.82 Å². The van der Waals surface area contributed by atoms with Crippen molar-refractivity contribution in [2.24, 2.45) is 5.10 Å². The maximum Gasteiger partial charge on any atom is 0.228 e. The van der Waals surface area contributed by atoms with E-state index in [9.17, 15) is 0 Å². The second kappa shape index (κ2) is 13.3. The molecule has 0 atom stereocenters. The van der Waals surface area contributed by atoms with E-state index in [2.05, 4.69) is 44.8 Å². The van der Waals surface area contributed by atoms with Gasteiger partial charge in [-0.15, -0.1) is 0 Å². The third kappa shape index (κ3) is 7.74. The van der Waals surface area contributed by atoms with Crippen molar-refractivity contribution in [3.63, 3.8) is 0 Å². The summed E-state index contributed by atoms with van der Waals surface area (Å²) in [6, 6.07) is 15.8. The highest BCUT2D eigenvalue weighted by molar-refractivity contribution is 6.30. The van der Waals surface area contributed by atoms with E-state index in [0.29, 0.717) is 41.7 Å². The molecule has 1 N–H and O–H groups in total. The first kappa shape index (κ1) is 27.5. The van der Waals surface area contributed by atoms with Gasteiger partial charge < -0.3 is 19.3 Å². The molecular formula is C29H37ClN6O2. The van der Waals surface area contributed by atoms with Gasteiger partial charge in [-0.2, -0.15) is 15.1 Å². The molecule has 3 aromatic rings. The summed E-state index contributed by atoms with van der Waals surface area (Å²) in [4.78, 5) is 12.8. The molecule has 1 aliphatic rings. The van der Waals surface area contributed by atoms with Crippen LogP contribution in [0.4, 0.5) is 17.6 Å². The average Bonchev–Trinajstić information content (AvgIpc) is 2.92. The molecule has 0 radical (unpaired) electrons. The number of hydrogen-bond acceptors (Lipinski definition) is 8. The summed E-state index contributed by atoms with van der Waals surface area (Å²) >= 11 is 6.24. The lowest BCUT2D eigenvalue weighted by atomic mass is 9.84. The summed E-state index contributed by atoms with van der Waals surface area (Å²) < 4.78 is 11.9. The molecule has 4 rings (SSSR count). The van der Waals surface area contributed by atoms with Crippen LogP contribution in [0.1, 0.15) is 49.1 Å². The van der Waals surface area contributed by atoms with Crippen LogP contribution in [0.5, 0.6) is 11.5 Å². The number of hydrogen-bond donors (Lipinski definition) is 1. The van der Waals surface area contributed by atoms with E-state index in [0.717, 1.165) is 17.1 Å². The van der Waals surface area contributed by atoms with Crippen LogP contribution in [0.25, 0.3) is 0 Å². The van der Waals surface area contributed by atoms with Gasteiger partial charge in [-0.3, -0.25) is 5.43 Å². The molecule has 8 nitrogen and oxygen atoms in total. The Labute approximate surface area is 230 Å². The molecule has 0 saturated heterocycles. The topological polar surface area (TPSA) is 75.1 Å². The molecule has 1 aromatic heterocycles. The molecule has 0 unspecified atom stereocenters. The SMILES string of the molecule is CN(C)c1cc(N/N=C\c2cc(Cl)ccc2OCCOc2ccc(C3CCCCC3)cc2)nc(N(C)C)n1. The first-order valence-electron chi connectivity index (χ1n) is 13.1. The highest BCUT2D eigenvalue weighted by atomic mass is 35.5. The van der Waals surface area contributed by atoms with Crippen molar-refractivity contribution in [1.29, 1.82) is 0 Å². The van der Waals surface area contributed by atoms with Crippen LogP contribution in [0.15, 0.2) is 53.6 Å². The molecule has 38 heavy (non-hydrogen) atoms. The number of anilines is 3. The summed E-state index contributed by atoms with van der Waals surface area (Å²) in [7, 11) is 7.66. The van der Waals surface area contributed by atoms with Gasteiger partial charge in [0.2, 0.25) is 5.95 Å². The van der Waals surface area contributed by atoms with Crippen molar-refractivity contribution >= 4 is 35.4 Å². The highest BCUT2D eigenvalue weighted by Crippen LogP contribution is 2.33. The van der Waals surface area contributed by atoms with E-state index in [4.69, 9.17) is 21.1 Å². The lowest BCUT2D eigenvalue weighted by Crippen LogP contribution is -2.17. The highest BCUT2D eigenvalue weighted by Gasteiger charge is 2.15. The number of nitrogens with one attached hydrogen (secondary N) is 1. The van der Waals surface area contributed by atoms with Crippen molar-refractivity contribution in [2.75, 3.05) is 56.6 Å². The quantitative estimate of drug-likeness (QED) is 0.177. The Kier molecular flexibility index (Phi) is 9.65. The minimum Gasteiger partial charge on any atom is -0.490 e. The van der Waals surface area contributed by atoms with Gasteiger partial charge in [0.25, 0.3) is 0 Å². The van der Waals surface area contributed by atoms with Crippen molar-refractivity contribution in [1.82, 2.24) is 9.97 Å². The zero-order valence-corrected chi connectivity index (χ0v) is 23.4. The minimum absolute atomic E-state index is 0.393. The predicted octanol–water partition coefficient (Wildman–Crippen LogP) is 6.21. The Balaban J connectivity index is 1.33. The Morgan fingerprint density at radius 1 is 0.921 bits per heavy atom. The molecular weight excluding hydrogens is 500 g/mol. The molecule has 2 aromatic carbocycles. The standard InChI is InChI=1S/C29H37ClN6O2/c1-35(2)28-19-27(32-29(33-28)36(3)4)34-31-20-23-18-24(30)12-15-26(23)38-17-16-37-25-13-10-22(11-14-25)21-8-6-5-7-9-21/h10-15,18-21H,5-9,16-17H2,1-4H3,(H,32,33,34)/b31-20-. The summed E-state index contributed by atoms with van der Waals surface area (Å²) in [5.74, 6) is 4.16. The van der Waals surface area contributed by atoms with Crippen molar-refractivity contribution in [3.05, 3.63) is 64.7 Å². The fourth-order valence-corrected chi connectivity index (χ4v) is 4.59. The second-order valence-corrected chi connectivity index (χ2v) is 10.3. The van der Waals surface area contributed by atoms with Gasteiger partial charge in [-0.1, -0.05) is 43.0 Å². The minimum atomic E-state index is 0.393. The summed E-state index contributed by atoms with van der Waals surface area (Å²) in [6.07, 6.45) is 8.30. The van der Waals surface area contributed by atoms with Crippen LogP contribution in [-0.4, -0.2) is 57.6 Å². The van der Waals surface area contributed by atoms with E-state index >= 15 is 0 Å². The van der Waals surface area contributed by atoms with Crippen molar-refractivity contribution in [2.45, 2.75) is 38.0 Å². The van der Waals surface area contributed by atoms with Crippen LogP contribution in [0.3, 0.4) is 0 Å². The second-order valence-electron chi connectivity index (χ2n) is 9.85. The van der Waals surface area contributed by atoms with Gasteiger partial charge in [0, 0.05) is 44.8 Å². The van der Waals surface area contributed by atoms with Crippen LogP contribution < -0.4 is 24.7 Å². The maximum absolute atomic E-state index is 6.24. The first-order valence-corrected chi connectivity index (χ1v) is 13.4. The molecule has 0 amide bonds. The molecule has 9 heteroatoms. The zero-order chi connectivity index (χ0) is 26.9. The monoisotopic (exact) mass is 536 g/mol. The average molecular weight is 537 g/mol. The molecule has 0 aliphatic heterocycles. The van der Waals surface area contributed by atoms with Gasteiger partial charge in [-0.05, 0) is 54.7 Å². The number of halogens is 1. The number of ether oxygens (including phenoxy) is 2. The molecule has 1 fully saturated rings. The van der Waals surface area contributed by atoms with E-state index < -0.39 is 0 Å². The predicted molar refractivity (Wildman–Crippen MR) is 157 cm³/mol. The van der Waals surface area contributed by atoms with E-state index in [1.54, 1.807) is 12.3 Å². The van der Waals surface area contributed by atoms with Gasteiger partial charge >= 0.3 is 0 Å². The molecule has 1 aliphatic carbocycles. The number of benzene rings is 2. The normalized spacial score (nSPS) is 13.9. The van der Waals surface area contributed by atoms with E-state index in [1.165, 1.54) is 37.7 Å². The lowest BCUT2D eigenvalue weighted by molar-refractivity contribution is 0.217. The fourth-order valence-electron chi connectivity index (χ4n) is 4.41. The first-order chi connectivity index (χ1) is 18.4. The third-order valence-electron chi connectivity index (χ3n) is 6.48. The Bertz CT molecular complexity index is 1180. The summed E-state index contributed by atoms with van der Waals surface area (Å²) in [6.45, 7) is 0.826. The number of hydrazone groups is 1. The summed E-state index contributed by atoms with van der Waals surface area (Å²) in [5, 5.41) is 4.96. The van der Waals surface area contributed by atoms with Gasteiger partial charge in [0.05, 0.1) is 6.21 Å². The third-order valence-corrected chi connectivity index (χ3v) is 6.71. The summed E-state index contributed by atoms with van der Waals surface area (Å²) in [5.41, 5.74) is 5.16. The molecule has 0 bridgehead atoms. The Morgan fingerprint density at radius 2 is 1.66 bits per heavy atom. The van der Waals surface area contributed by atoms with Gasteiger partial charge in [-0.25, -0.2) is 0 Å². The van der Waals surface area contributed by atoms with Crippen molar-refractivity contribution < 1.29 is 9.47 Å². The molecule has 1 heterocycles. The largest absolute Gasteiger partial charge is 0.490 e. The van der Waals surface area contributed by atoms with Crippen LogP contribution in [-0.2, 0) is 0 Å². The van der Waals surface area contributed by atoms with Crippen LogP contribution >= 0.6 is 11.6 Å². The lowest BCUT2D eigenvalue weighted by Gasteiger charge is -2.22. The smallest absolute Gasteiger partial charge is 0.228 e. The molecule has 1 saturated carbocycles. The van der Waals surface area contributed by atoms with Crippen LogP contribution in [0.2, 0.25) is 5.02 Å². The van der Waals surface area contributed by atoms with Crippen LogP contribution in [0, 0.1) is 0 Å². The van der Waals surface area contributed by atoms with E-state index in [1.807, 2.05) is 56.2 Å². The fraction of sp³-hybridized carbons (Fsp3) is 0.414. The molecule has 202 valence electrons. The zero-order valence-electron chi connectivity index (χ0n) is 22.7. The number of rotatable bonds is 11. The maximum atomic E-state index is 6.24. The Morgan fingerprint density at radius 3 is 2.37 bits per heavy atom. The van der Waals surface area contributed by atoms with Crippen molar-refractivity contribution in [3.8, 4) is 11.5 Å². The number of nitrogens with zero attached hydrogens (tertiary/aromatic N) is 5.